The van der Waals surface area contributed by atoms with E-state index in [4.69, 9.17) is 11.6 Å². The van der Waals surface area contributed by atoms with Crippen LogP contribution in [0.2, 0.25) is 5.02 Å². The van der Waals surface area contributed by atoms with Crippen molar-refractivity contribution in [2.45, 2.75) is 10.6 Å². The number of thiophene rings is 1. The topological polar surface area (TPSA) is 58.2 Å². The molecular formula is C19H15ClN2O2S2. The van der Waals surface area contributed by atoms with E-state index in [1.165, 1.54) is 4.88 Å². The molecule has 7 heteroatoms. The minimum absolute atomic E-state index is 0.254. The number of urea groups is 1. The Labute approximate surface area is 164 Å². The van der Waals surface area contributed by atoms with Crippen molar-refractivity contribution >= 4 is 52.3 Å². The number of hydrogen-bond donors (Lipinski definition) is 2. The highest BCUT2D eigenvalue weighted by Crippen LogP contribution is 2.26. The van der Waals surface area contributed by atoms with Gasteiger partial charge in [0, 0.05) is 21.2 Å². The Hall–Kier alpha value is -2.28. The van der Waals surface area contributed by atoms with Crippen LogP contribution in [0.25, 0.3) is 0 Å². The molecule has 0 spiro atoms. The number of nitrogens with one attached hydrogen (secondary N) is 2. The van der Waals surface area contributed by atoms with Crippen LogP contribution in [0, 0.1) is 0 Å². The zero-order valence-corrected chi connectivity index (χ0v) is 16.0. The van der Waals surface area contributed by atoms with Crippen molar-refractivity contribution in [3.05, 3.63) is 81.5 Å². The predicted octanol–water partition coefficient (Wildman–Crippen LogP) is 5.66. The largest absolute Gasteiger partial charge is 0.326 e. The molecule has 3 amide bonds. The van der Waals surface area contributed by atoms with Gasteiger partial charge in [0.25, 0.3) is 5.91 Å². The summed E-state index contributed by atoms with van der Waals surface area (Å²) in [4.78, 5) is 26.5. The first-order valence-corrected chi connectivity index (χ1v) is 9.98. The molecule has 0 saturated carbocycles. The van der Waals surface area contributed by atoms with Gasteiger partial charge in [-0.05, 0) is 47.8 Å². The van der Waals surface area contributed by atoms with Crippen LogP contribution in [0.5, 0.6) is 0 Å². The SMILES string of the molecule is O=C(NC(=O)c1ccccc1Cl)Nc1ccc(SCc2cccs2)cc1. The van der Waals surface area contributed by atoms with Gasteiger partial charge in [0.05, 0.1) is 10.6 Å². The average molecular weight is 403 g/mol. The van der Waals surface area contributed by atoms with Crippen LogP contribution in [-0.4, -0.2) is 11.9 Å². The van der Waals surface area contributed by atoms with Gasteiger partial charge in [-0.2, -0.15) is 0 Å². The van der Waals surface area contributed by atoms with Crippen LogP contribution >= 0.6 is 34.7 Å². The Balaban J connectivity index is 1.52. The zero-order chi connectivity index (χ0) is 18.4. The Morgan fingerprint density at radius 2 is 1.77 bits per heavy atom. The van der Waals surface area contributed by atoms with Crippen LogP contribution in [0.1, 0.15) is 15.2 Å². The number of halogens is 1. The second kappa shape index (κ2) is 8.89. The lowest BCUT2D eigenvalue weighted by atomic mass is 10.2. The lowest BCUT2D eigenvalue weighted by Gasteiger charge is -2.08. The van der Waals surface area contributed by atoms with Gasteiger partial charge >= 0.3 is 6.03 Å². The summed E-state index contributed by atoms with van der Waals surface area (Å²) < 4.78 is 0. The second-order valence-corrected chi connectivity index (χ2v) is 7.77. The van der Waals surface area contributed by atoms with Gasteiger partial charge in [0.15, 0.2) is 0 Å². The predicted molar refractivity (Wildman–Crippen MR) is 108 cm³/mol. The van der Waals surface area contributed by atoms with Crippen molar-refractivity contribution in [1.82, 2.24) is 5.32 Å². The molecule has 0 saturated heterocycles. The molecule has 4 nitrogen and oxygen atoms in total. The van der Waals surface area contributed by atoms with E-state index in [0.717, 1.165) is 10.6 Å². The number of hydrogen-bond acceptors (Lipinski definition) is 4. The van der Waals surface area contributed by atoms with Gasteiger partial charge in [-0.25, -0.2) is 4.79 Å². The van der Waals surface area contributed by atoms with Crippen molar-refractivity contribution in [2.75, 3.05) is 5.32 Å². The molecule has 0 atom stereocenters. The molecule has 0 bridgehead atoms. The lowest BCUT2D eigenvalue weighted by molar-refractivity contribution is 0.0967. The van der Waals surface area contributed by atoms with E-state index in [0.29, 0.717) is 10.7 Å². The average Bonchev–Trinajstić information content (AvgIpc) is 3.15. The third kappa shape index (κ3) is 5.11. The van der Waals surface area contributed by atoms with Crippen LogP contribution in [-0.2, 0) is 5.75 Å². The van der Waals surface area contributed by atoms with Crippen molar-refractivity contribution in [2.24, 2.45) is 0 Å². The first-order valence-electron chi connectivity index (χ1n) is 7.74. The highest BCUT2D eigenvalue weighted by molar-refractivity contribution is 7.98. The van der Waals surface area contributed by atoms with Gasteiger partial charge in [-0.15, -0.1) is 23.1 Å². The fourth-order valence-corrected chi connectivity index (χ4v) is 4.06. The van der Waals surface area contributed by atoms with Crippen molar-refractivity contribution in [3.8, 4) is 0 Å². The third-order valence-corrected chi connectivity index (χ3v) is 5.87. The van der Waals surface area contributed by atoms with Gasteiger partial charge in [0.2, 0.25) is 0 Å². The summed E-state index contributed by atoms with van der Waals surface area (Å²) in [7, 11) is 0. The maximum absolute atomic E-state index is 12.1. The molecule has 0 aliphatic heterocycles. The van der Waals surface area contributed by atoms with Gasteiger partial charge in [-0.1, -0.05) is 29.8 Å². The molecule has 3 aromatic rings. The number of amides is 3. The van der Waals surface area contributed by atoms with E-state index in [1.807, 2.05) is 18.2 Å². The number of thioether (sulfide) groups is 1. The minimum atomic E-state index is -0.603. The lowest BCUT2D eigenvalue weighted by Crippen LogP contribution is -2.34. The first-order chi connectivity index (χ1) is 12.6. The molecular weight excluding hydrogens is 388 g/mol. The quantitative estimate of drug-likeness (QED) is 0.541. The van der Waals surface area contributed by atoms with E-state index in [-0.39, 0.29) is 5.56 Å². The monoisotopic (exact) mass is 402 g/mol. The highest BCUT2D eigenvalue weighted by atomic mass is 35.5. The van der Waals surface area contributed by atoms with Crippen LogP contribution < -0.4 is 10.6 Å². The van der Waals surface area contributed by atoms with E-state index in [1.54, 1.807) is 59.5 Å². The van der Waals surface area contributed by atoms with Gasteiger partial charge < -0.3 is 5.32 Å². The summed E-state index contributed by atoms with van der Waals surface area (Å²) in [6, 6.07) is 17.6. The molecule has 0 radical (unpaired) electrons. The molecule has 26 heavy (non-hydrogen) atoms. The van der Waals surface area contributed by atoms with E-state index in [2.05, 4.69) is 22.1 Å². The summed E-state index contributed by atoms with van der Waals surface area (Å²) in [5, 5.41) is 7.26. The first kappa shape index (κ1) is 18.5. The number of rotatable bonds is 5. The number of anilines is 1. The Morgan fingerprint density at radius 3 is 2.46 bits per heavy atom. The van der Waals surface area contributed by atoms with Gasteiger partial charge in [-0.3, -0.25) is 10.1 Å². The van der Waals surface area contributed by atoms with Gasteiger partial charge in [0.1, 0.15) is 0 Å². The summed E-state index contributed by atoms with van der Waals surface area (Å²) in [6.07, 6.45) is 0. The Bertz CT molecular complexity index is 896. The fourth-order valence-electron chi connectivity index (χ4n) is 2.16. The normalized spacial score (nSPS) is 10.3. The molecule has 0 aliphatic carbocycles. The molecule has 2 aromatic carbocycles. The molecule has 132 valence electrons. The number of carbonyl (C=O) groups excluding carboxylic acids is 2. The van der Waals surface area contributed by atoms with E-state index < -0.39 is 11.9 Å². The number of imide groups is 1. The summed E-state index contributed by atoms with van der Waals surface area (Å²) in [6.45, 7) is 0. The van der Waals surface area contributed by atoms with Crippen molar-refractivity contribution < 1.29 is 9.59 Å². The molecule has 1 heterocycles. The van der Waals surface area contributed by atoms with Crippen molar-refractivity contribution in [3.63, 3.8) is 0 Å². The summed E-state index contributed by atoms with van der Waals surface area (Å²) >= 11 is 9.41. The molecule has 1 aromatic heterocycles. The highest BCUT2D eigenvalue weighted by Gasteiger charge is 2.13. The van der Waals surface area contributed by atoms with Crippen LogP contribution in [0.3, 0.4) is 0 Å². The van der Waals surface area contributed by atoms with Crippen LogP contribution in [0.15, 0.2) is 70.9 Å². The Kier molecular flexibility index (Phi) is 6.33. The van der Waals surface area contributed by atoms with Crippen molar-refractivity contribution in [1.29, 1.82) is 0 Å². The summed E-state index contributed by atoms with van der Waals surface area (Å²) in [5.41, 5.74) is 0.861. The maximum Gasteiger partial charge on any atom is 0.326 e. The summed E-state index contributed by atoms with van der Waals surface area (Å²) in [5.74, 6) is 0.369. The van der Waals surface area contributed by atoms with E-state index in [9.17, 15) is 9.59 Å². The third-order valence-electron chi connectivity index (χ3n) is 3.42. The smallest absolute Gasteiger partial charge is 0.308 e. The van der Waals surface area contributed by atoms with E-state index >= 15 is 0 Å². The maximum atomic E-state index is 12.1. The Morgan fingerprint density at radius 1 is 1.00 bits per heavy atom. The standard InChI is InChI=1S/C19H15ClN2O2S2/c20-17-6-2-1-5-16(17)18(23)22-19(24)21-13-7-9-14(10-8-13)26-12-15-4-3-11-25-15/h1-11H,12H2,(H2,21,22,23,24). The fraction of sp³-hybridized carbons (Fsp3) is 0.0526. The zero-order valence-electron chi connectivity index (χ0n) is 13.6. The molecule has 2 N–H and O–H groups in total. The number of benzene rings is 2. The minimum Gasteiger partial charge on any atom is -0.308 e. The number of carbonyl (C=O) groups is 2. The molecule has 0 fully saturated rings. The molecule has 0 unspecified atom stereocenters. The molecule has 3 rings (SSSR count). The second-order valence-electron chi connectivity index (χ2n) is 5.28. The molecule has 0 aliphatic rings. The van der Waals surface area contributed by atoms with Crippen LogP contribution in [0.4, 0.5) is 10.5 Å².